The van der Waals surface area contributed by atoms with E-state index in [0.717, 1.165) is 22.6 Å². The summed E-state index contributed by atoms with van der Waals surface area (Å²) in [6, 6.07) is 14.6. The van der Waals surface area contributed by atoms with Crippen LogP contribution < -0.4 is 4.90 Å². The fourth-order valence-corrected chi connectivity index (χ4v) is 4.46. The van der Waals surface area contributed by atoms with Gasteiger partial charge in [0.1, 0.15) is 18.2 Å². The molecule has 2 heterocycles. The Morgan fingerprint density at radius 1 is 1.03 bits per heavy atom. The van der Waals surface area contributed by atoms with Gasteiger partial charge in [0, 0.05) is 67.1 Å². The molecule has 1 aromatic heterocycles. The van der Waals surface area contributed by atoms with E-state index in [1.807, 2.05) is 37.3 Å². The van der Waals surface area contributed by atoms with E-state index in [-0.39, 0.29) is 18.3 Å². The van der Waals surface area contributed by atoms with E-state index in [2.05, 4.69) is 4.90 Å². The first kappa shape index (κ1) is 24.1. The van der Waals surface area contributed by atoms with Gasteiger partial charge >= 0.3 is 0 Å². The Morgan fingerprint density at radius 2 is 1.76 bits per heavy atom. The van der Waals surface area contributed by atoms with Crippen molar-refractivity contribution in [2.75, 3.05) is 44.8 Å². The summed E-state index contributed by atoms with van der Waals surface area (Å²) in [5.74, 6) is 1.03. The Hall–Kier alpha value is -3.03. The SMILES string of the molecule is CCc1nc(-c2ccccc2)nc(N2CCN(C(=O)COC)CC2)c1Cc1c(F)cccc1Cl. The molecule has 0 N–H and O–H groups in total. The van der Waals surface area contributed by atoms with Gasteiger partial charge in [0.15, 0.2) is 5.82 Å². The number of anilines is 1. The zero-order valence-electron chi connectivity index (χ0n) is 19.4. The summed E-state index contributed by atoms with van der Waals surface area (Å²) in [4.78, 5) is 26.0. The Kier molecular flexibility index (Phi) is 7.75. The first-order valence-corrected chi connectivity index (χ1v) is 11.8. The summed E-state index contributed by atoms with van der Waals surface area (Å²) in [6.07, 6.45) is 0.963. The topological polar surface area (TPSA) is 58.6 Å². The highest BCUT2D eigenvalue weighted by Gasteiger charge is 2.26. The number of aromatic nitrogens is 2. The van der Waals surface area contributed by atoms with Crippen LogP contribution in [0.2, 0.25) is 5.02 Å². The molecule has 0 unspecified atom stereocenters. The number of carbonyl (C=O) groups is 1. The number of halogens is 2. The minimum absolute atomic E-state index is 0.0255. The second-order valence-electron chi connectivity index (χ2n) is 8.19. The predicted molar refractivity (Wildman–Crippen MR) is 132 cm³/mol. The standard InChI is InChI=1S/C26H28ClFN4O2/c1-3-23-20(16-19-21(27)10-7-11-22(19)28)26(30-25(29-23)18-8-5-4-6-9-18)32-14-12-31(13-15-32)24(33)17-34-2/h4-11H,3,12-17H2,1-2H3. The molecule has 1 aliphatic heterocycles. The van der Waals surface area contributed by atoms with Gasteiger partial charge in [0.05, 0.1) is 0 Å². The molecule has 34 heavy (non-hydrogen) atoms. The molecule has 0 atom stereocenters. The van der Waals surface area contributed by atoms with Crippen molar-refractivity contribution in [1.82, 2.24) is 14.9 Å². The molecule has 0 bridgehead atoms. The number of amides is 1. The van der Waals surface area contributed by atoms with Crippen molar-refractivity contribution >= 4 is 23.3 Å². The molecule has 4 rings (SSSR count). The largest absolute Gasteiger partial charge is 0.375 e. The number of benzene rings is 2. The van der Waals surface area contributed by atoms with Gasteiger partial charge in [-0.3, -0.25) is 4.79 Å². The molecule has 0 radical (unpaired) electrons. The number of ether oxygens (including phenoxy) is 1. The Labute approximate surface area is 204 Å². The number of hydrogen-bond donors (Lipinski definition) is 0. The van der Waals surface area contributed by atoms with E-state index in [9.17, 15) is 9.18 Å². The van der Waals surface area contributed by atoms with Crippen LogP contribution in [-0.2, 0) is 22.4 Å². The van der Waals surface area contributed by atoms with E-state index >= 15 is 0 Å². The fraction of sp³-hybridized carbons (Fsp3) is 0.346. The minimum atomic E-state index is -0.345. The summed E-state index contributed by atoms with van der Waals surface area (Å²) in [6.45, 7) is 4.46. The van der Waals surface area contributed by atoms with Crippen LogP contribution in [0, 0.1) is 5.82 Å². The molecule has 178 valence electrons. The van der Waals surface area contributed by atoms with Crippen LogP contribution in [0.3, 0.4) is 0 Å². The minimum Gasteiger partial charge on any atom is -0.375 e. The molecule has 1 fully saturated rings. The molecule has 1 saturated heterocycles. The lowest BCUT2D eigenvalue weighted by Crippen LogP contribution is -2.50. The number of carbonyl (C=O) groups excluding carboxylic acids is 1. The quantitative estimate of drug-likeness (QED) is 0.500. The lowest BCUT2D eigenvalue weighted by Gasteiger charge is -2.36. The lowest BCUT2D eigenvalue weighted by atomic mass is 10.0. The van der Waals surface area contributed by atoms with Crippen LogP contribution in [0.5, 0.6) is 0 Å². The number of piperazine rings is 1. The molecule has 3 aromatic rings. The van der Waals surface area contributed by atoms with Crippen LogP contribution in [0.1, 0.15) is 23.7 Å². The van der Waals surface area contributed by atoms with E-state index in [1.165, 1.54) is 13.2 Å². The molecular weight excluding hydrogens is 455 g/mol. The molecule has 6 nitrogen and oxygen atoms in total. The molecule has 8 heteroatoms. The Bertz CT molecular complexity index is 1130. The Morgan fingerprint density at radius 3 is 2.41 bits per heavy atom. The van der Waals surface area contributed by atoms with Crippen LogP contribution >= 0.6 is 11.6 Å². The molecule has 1 amide bonds. The summed E-state index contributed by atoms with van der Waals surface area (Å²) in [5.41, 5.74) is 3.08. The number of methoxy groups -OCH3 is 1. The van der Waals surface area contributed by atoms with Crippen molar-refractivity contribution in [2.24, 2.45) is 0 Å². The van der Waals surface area contributed by atoms with Crippen molar-refractivity contribution in [3.05, 3.63) is 76.2 Å². The van der Waals surface area contributed by atoms with Gasteiger partial charge in [-0.2, -0.15) is 0 Å². The van der Waals surface area contributed by atoms with Gasteiger partial charge < -0.3 is 14.5 Å². The highest BCUT2D eigenvalue weighted by atomic mass is 35.5. The maximum Gasteiger partial charge on any atom is 0.248 e. The lowest BCUT2D eigenvalue weighted by molar-refractivity contribution is -0.135. The second-order valence-corrected chi connectivity index (χ2v) is 8.60. The molecule has 0 aliphatic carbocycles. The van der Waals surface area contributed by atoms with E-state index in [4.69, 9.17) is 26.3 Å². The third-order valence-corrected chi connectivity index (χ3v) is 6.41. The van der Waals surface area contributed by atoms with Gasteiger partial charge in [-0.1, -0.05) is 54.9 Å². The molecule has 1 aliphatic rings. The predicted octanol–water partition coefficient (Wildman–Crippen LogP) is 4.38. The van der Waals surface area contributed by atoms with Crippen molar-refractivity contribution < 1.29 is 13.9 Å². The van der Waals surface area contributed by atoms with Gasteiger partial charge in [-0.25, -0.2) is 14.4 Å². The van der Waals surface area contributed by atoms with Crippen molar-refractivity contribution in [3.8, 4) is 11.4 Å². The number of aryl methyl sites for hydroxylation is 1. The molecular formula is C26H28ClFN4O2. The van der Waals surface area contributed by atoms with Gasteiger partial charge in [0.2, 0.25) is 5.91 Å². The summed E-state index contributed by atoms with van der Waals surface area (Å²) >= 11 is 6.37. The van der Waals surface area contributed by atoms with Crippen LogP contribution in [0.25, 0.3) is 11.4 Å². The maximum absolute atomic E-state index is 14.7. The number of hydrogen-bond acceptors (Lipinski definition) is 5. The second kappa shape index (κ2) is 10.9. The maximum atomic E-state index is 14.7. The zero-order chi connectivity index (χ0) is 24.1. The molecule has 2 aromatic carbocycles. The van der Waals surface area contributed by atoms with Crippen molar-refractivity contribution in [3.63, 3.8) is 0 Å². The molecule has 0 saturated carbocycles. The first-order chi connectivity index (χ1) is 16.5. The first-order valence-electron chi connectivity index (χ1n) is 11.4. The van der Waals surface area contributed by atoms with E-state index in [1.54, 1.807) is 17.0 Å². The third kappa shape index (κ3) is 5.21. The number of nitrogens with zero attached hydrogens (tertiary/aromatic N) is 4. The van der Waals surface area contributed by atoms with E-state index in [0.29, 0.717) is 55.4 Å². The third-order valence-electron chi connectivity index (χ3n) is 6.05. The highest BCUT2D eigenvalue weighted by molar-refractivity contribution is 6.31. The van der Waals surface area contributed by atoms with Crippen molar-refractivity contribution in [1.29, 1.82) is 0 Å². The smallest absolute Gasteiger partial charge is 0.248 e. The summed E-state index contributed by atoms with van der Waals surface area (Å²) < 4.78 is 19.7. The van der Waals surface area contributed by atoms with Gasteiger partial charge in [-0.05, 0) is 18.6 Å². The normalized spacial score (nSPS) is 13.9. The monoisotopic (exact) mass is 482 g/mol. The summed E-state index contributed by atoms with van der Waals surface area (Å²) in [5, 5.41) is 0.384. The fourth-order valence-electron chi connectivity index (χ4n) is 4.23. The Balaban J connectivity index is 1.75. The highest BCUT2D eigenvalue weighted by Crippen LogP contribution is 2.31. The van der Waals surface area contributed by atoms with Crippen LogP contribution in [-0.4, -0.2) is 60.7 Å². The van der Waals surface area contributed by atoms with Crippen molar-refractivity contribution in [2.45, 2.75) is 19.8 Å². The van der Waals surface area contributed by atoms with Gasteiger partial charge in [0.25, 0.3) is 0 Å². The average molecular weight is 483 g/mol. The number of rotatable bonds is 7. The van der Waals surface area contributed by atoms with Gasteiger partial charge in [-0.15, -0.1) is 0 Å². The van der Waals surface area contributed by atoms with Crippen LogP contribution in [0.15, 0.2) is 48.5 Å². The summed E-state index contributed by atoms with van der Waals surface area (Å²) in [7, 11) is 1.52. The van der Waals surface area contributed by atoms with E-state index < -0.39 is 0 Å². The average Bonchev–Trinajstić information content (AvgIpc) is 2.87. The van der Waals surface area contributed by atoms with Crippen LogP contribution in [0.4, 0.5) is 10.2 Å². The molecule has 0 spiro atoms. The zero-order valence-corrected chi connectivity index (χ0v) is 20.2.